The fourth-order valence-electron chi connectivity index (χ4n) is 2.21. The molecule has 0 radical (unpaired) electrons. The van der Waals surface area contributed by atoms with E-state index in [4.69, 9.17) is 4.74 Å². The summed E-state index contributed by atoms with van der Waals surface area (Å²) in [6, 6.07) is 6.81. The molecule has 4 nitrogen and oxygen atoms in total. The molecule has 1 fully saturated rings. The van der Waals surface area contributed by atoms with E-state index in [2.05, 4.69) is 15.9 Å². The van der Waals surface area contributed by atoms with Gasteiger partial charge in [0.2, 0.25) is 5.78 Å². The number of hydrogen-bond acceptors (Lipinski definition) is 3. The van der Waals surface area contributed by atoms with Crippen molar-refractivity contribution in [1.82, 2.24) is 4.90 Å². The number of Topliss-reactive ketones (excluding diaryl/α,β-unsaturated/α-hetero) is 1. The van der Waals surface area contributed by atoms with Gasteiger partial charge in [-0.3, -0.25) is 9.59 Å². The first-order chi connectivity index (χ1) is 8.97. The highest BCUT2D eigenvalue weighted by molar-refractivity contribution is 9.10. The van der Waals surface area contributed by atoms with Crippen LogP contribution >= 0.6 is 15.9 Å². The molecule has 1 aliphatic rings. The van der Waals surface area contributed by atoms with Crippen molar-refractivity contribution >= 4 is 27.6 Å². The average Bonchev–Trinajstić information content (AvgIpc) is 2.37. The van der Waals surface area contributed by atoms with Crippen LogP contribution in [0.3, 0.4) is 0 Å². The second-order valence-electron chi connectivity index (χ2n) is 4.80. The molecule has 0 N–H and O–H groups in total. The zero-order chi connectivity index (χ0) is 14.0. The predicted octanol–water partition coefficient (Wildman–Crippen LogP) is 2.27. The van der Waals surface area contributed by atoms with Gasteiger partial charge in [-0.1, -0.05) is 15.9 Å². The van der Waals surface area contributed by atoms with Gasteiger partial charge in [-0.25, -0.2) is 0 Å². The van der Waals surface area contributed by atoms with E-state index in [1.54, 1.807) is 29.2 Å². The van der Waals surface area contributed by atoms with Crippen molar-refractivity contribution in [3.8, 4) is 0 Å². The normalized spacial score (nSPS) is 23.2. The Hall–Kier alpha value is -1.20. The lowest BCUT2D eigenvalue weighted by atomic mass is 10.1. The van der Waals surface area contributed by atoms with Crippen molar-refractivity contribution in [1.29, 1.82) is 0 Å². The van der Waals surface area contributed by atoms with E-state index in [9.17, 15) is 9.59 Å². The Morgan fingerprint density at radius 3 is 2.21 bits per heavy atom. The van der Waals surface area contributed by atoms with Crippen molar-refractivity contribution in [2.75, 3.05) is 13.1 Å². The summed E-state index contributed by atoms with van der Waals surface area (Å²) in [5.41, 5.74) is 0.417. The molecule has 1 aromatic carbocycles. The lowest BCUT2D eigenvalue weighted by Gasteiger charge is -2.34. The quantitative estimate of drug-likeness (QED) is 0.619. The number of carbonyl (C=O) groups excluding carboxylic acids is 2. The van der Waals surface area contributed by atoms with Crippen molar-refractivity contribution in [2.45, 2.75) is 26.1 Å². The number of carbonyl (C=O) groups is 2. The number of ether oxygens (including phenoxy) is 1. The Bertz CT molecular complexity index is 476. The first-order valence-electron chi connectivity index (χ1n) is 6.22. The van der Waals surface area contributed by atoms with Crippen LogP contribution in [0.4, 0.5) is 0 Å². The standard InChI is InChI=1S/C14H16BrNO3/c1-9-7-16(8-10(2)19-9)14(18)13(17)11-3-5-12(15)6-4-11/h3-6,9-10H,7-8H2,1-2H3/t9-,10-/m1/s1. The van der Waals surface area contributed by atoms with Gasteiger partial charge in [-0.05, 0) is 38.1 Å². The molecule has 1 heterocycles. The van der Waals surface area contributed by atoms with Gasteiger partial charge in [0.05, 0.1) is 12.2 Å². The van der Waals surface area contributed by atoms with Gasteiger partial charge >= 0.3 is 0 Å². The molecule has 2 atom stereocenters. The molecular weight excluding hydrogens is 310 g/mol. The Morgan fingerprint density at radius 2 is 1.68 bits per heavy atom. The smallest absolute Gasteiger partial charge is 0.295 e. The number of halogens is 1. The van der Waals surface area contributed by atoms with Gasteiger partial charge in [-0.15, -0.1) is 0 Å². The van der Waals surface area contributed by atoms with Crippen LogP contribution in [0.1, 0.15) is 24.2 Å². The number of nitrogens with zero attached hydrogens (tertiary/aromatic N) is 1. The van der Waals surface area contributed by atoms with Gasteiger partial charge in [0, 0.05) is 23.1 Å². The minimum atomic E-state index is -0.464. The average molecular weight is 326 g/mol. The zero-order valence-corrected chi connectivity index (χ0v) is 12.5. The van der Waals surface area contributed by atoms with E-state index in [0.29, 0.717) is 18.7 Å². The lowest BCUT2D eigenvalue weighted by Crippen LogP contribution is -2.50. The molecule has 0 bridgehead atoms. The van der Waals surface area contributed by atoms with Crippen LogP contribution in [0.15, 0.2) is 28.7 Å². The Morgan fingerprint density at radius 1 is 1.16 bits per heavy atom. The minimum Gasteiger partial charge on any atom is -0.372 e. The number of morpholine rings is 1. The Labute approximate surface area is 120 Å². The van der Waals surface area contributed by atoms with Gasteiger partial charge in [0.1, 0.15) is 0 Å². The highest BCUT2D eigenvalue weighted by atomic mass is 79.9. The molecule has 1 aromatic rings. The highest BCUT2D eigenvalue weighted by Crippen LogP contribution is 2.15. The van der Waals surface area contributed by atoms with Gasteiger partial charge in [0.25, 0.3) is 5.91 Å². The summed E-state index contributed by atoms with van der Waals surface area (Å²) in [4.78, 5) is 25.9. The zero-order valence-electron chi connectivity index (χ0n) is 10.9. The molecule has 102 valence electrons. The largest absolute Gasteiger partial charge is 0.372 e. The minimum absolute atomic E-state index is 0.0367. The van der Waals surface area contributed by atoms with Crippen molar-refractivity contribution < 1.29 is 14.3 Å². The fourth-order valence-corrected chi connectivity index (χ4v) is 2.48. The summed E-state index contributed by atoms with van der Waals surface area (Å²) in [5.74, 6) is -0.918. The van der Waals surface area contributed by atoms with E-state index in [-0.39, 0.29) is 12.2 Å². The summed E-state index contributed by atoms with van der Waals surface area (Å²) in [6.45, 7) is 4.73. The molecule has 0 saturated carbocycles. The molecule has 0 unspecified atom stereocenters. The van der Waals surface area contributed by atoms with E-state index in [1.807, 2.05) is 13.8 Å². The summed E-state index contributed by atoms with van der Waals surface area (Å²) in [7, 11) is 0. The summed E-state index contributed by atoms with van der Waals surface area (Å²) < 4.78 is 6.44. The molecule has 1 amide bonds. The second-order valence-corrected chi connectivity index (χ2v) is 5.72. The number of amides is 1. The van der Waals surface area contributed by atoms with Gasteiger partial charge in [0.15, 0.2) is 0 Å². The number of benzene rings is 1. The van der Waals surface area contributed by atoms with Crippen molar-refractivity contribution in [3.63, 3.8) is 0 Å². The predicted molar refractivity (Wildman–Crippen MR) is 75.1 cm³/mol. The number of rotatable bonds is 2. The first-order valence-corrected chi connectivity index (χ1v) is 7.01. The molecule has 1 aliphatic heterocycles. The van der Waals surface area contributed by atoms with E-state index >= 15 is 0 Å². The summed E-state index contributed by atoms with van der Waals surface area (Å²) in [5, 5.41) is 0. The lowest BCUT2D eigenvalue weighted by molar-refractivity contribution is -0.138. The topological polar surface area (TPSA) is 46.6 Å². The summed E-state index contributed by atoms with van der Waals surface area (Å²) in [6.07, 6.45) is -0.0733. The van der Waals surface area contributed by atoms with Crippen LogP contribution in [0.5, 0.6) is 0 Å². The number of ketones is 1. The van der Waals surface area contributed by atoms with E-state index < -0.39 is 11.7 Å². The third-order valence-electron chi connectivity index (χ3n) is 3.01. The molecule has 19 heavy (non-hydrogen) atoms. The molecule has 2 rings (SSSR count). The van der Waals surface area contributed by atoms with E-state index in [0.717, 1.165) is 4.47 Å². The second kappa shape index (κ2) is 5.84. The maximum atomic E-state index is 12.2. The van der Waals surface area contributed by atoms with E-state index in [1.165, 1.54) is 0 Å². The molecular formula is C14H16BrNO3. The van der Waals surface area contributed by atoms with Crippen LogP contribution < -0.4 is 0 Å². The molecule has 0 aromatic heterocycles. The van der Waals surface area contributed by atoms with Crippen LogP contribution in [-0.4, -0.2) is 41.9 Å². The molecule has 0 aliphatic carbocycles. The maximum absolute atomic E-state index is 12.2. The maximum Gasteiger partial charge on any atom is 0.295 e. The SMILES string of the molecule is C[C@@H]1CN(C(=O)C(=O)c2ccc(Br)cc2)C[C@@H](C)O1. The van der Waals surface area contributed by atoms with Gasteiger partial charge in [-0.2, -0.15) is 0 Å². The van der Waals surface area contributed by atoms with Crippen LogP contribution in [0.25, 0.3) is 0 Å². The molecule has 5 heteroatoms. The van der Waals surface area contributed by atoms with Crippen LogP contribution in [-0.2, 0) is 9.53 Å². The highest BCUT2D eigenvalue weighted by Gasteiger charge is 2.30. The Kier molecular flexibility index (Phi) is 4.37. The number of hydrogen-bond donors (Lipinski definition) is 0. The molecule has 0 spiro atoms. The molecule has 1 saturated heterocycles. The van der Waals surface area contributed by atoms with Crippen molar-refractivity contribution in [2.24, 2.45) is 0 Å². The Balaban J connectivity index is 2.10. The first kappa shape index (κ1) is 14.2. The van der Waals surface area contributed by atoms with Crippen LogP contribution in [0.2, 0.25) is 0 Å². The summed E-state index contributed by atoms with van der Waals surface area (Å²) >= 11 is 3.30. The third-order valence-corrected chi connectivity index (χ3v) is 3.54. The third kappa shape index (κ3) is 3.42. The fraction of sp³-hybridized carbons (Fsp3) is 0.429. The van der Waals surface area contributed by atoms with Crippen LogP contribution in [0, 0.1) is 0 Å². The monoisotopic (exact) mass is 325 g/mol. The van der Waals surface area contributed by atoms with Crippen molar-refractivity contribution in [3.05, 3.63) is 34.3 Å². The van der Waals surface area contributed by atoms with Gasteiger partial charge < -0.3 is 9.64 Å².